The van der Waals surface area contributed by atoms with Gasteiger partial charge < -0.3 is 10.1 Å². The molecule has 2 rings (SSSR count). The number of aromatic nitrogens is 1. The number of nitrogens with one attached hydrogen (secondary N) is 1. The number of halogens is 2. The first-order valence-corrected chi connectivity index (χ1v) is 8.41. The van der Waals surface area contributed by atoms with Crippen LogP contribution < -0.4 is 5.32 Å². The lowest BCUT2D eigenvalue weighted by Gasteiger charge is -2.34. The number of amides is 1. The molecule has 7 heteroatoms. The number of carbonyl (C=O) groups excluding carboxylic acids is 2. The second-order valence-electron chi connectivity index (χ2n) is 6.01. The molecule has 0 radical (unpaired) electrons. The van der Waals surface area contributed by atoms with Gasteiger partial charge in [0.05, 0.1) is 10.6 Å². The Bertz CT molecular complexity index is 595. The van der Waals surface area contributed by atoms with Crippen molar-refractivity contribution in [3.8, 4) is 0 Å². The van der Waals surface area contributed by atoms with Gasteiger partial charge in [0.2, 0.25) is 0 Å². The van der Waals surface area contributed by atoms with Crippen molar-refractivity contribution < 1.29 is 14.3 Å². The van der Waals surface area contributed by atoms with E-state index in [-0.39, 0.29) is 34.3 Å². The molecule has 0 bridgehead atoms. The molecule has 1 aliphatic rings. The van der Waals surface area contributed by atoms with Gasteiger partial charge in [-0.3, -0.25) is 4.79 Å². The summed E-state index contributed by atoms with van der Waals surface area (Å²) in [6.07, 6.45) is 4.51. The van der Waals surface area contributed by atoms with Crippen molar-refractivity contribution in [3.05, 3.63) is 28.0 Å². The fourth-order valence-corrected chi connectivity index (χ4v) is 3.05. The highest BCUT2D eigenvalue weighted by molar-refractivity contribution is 6.41. The molecule has 0 spiro atoms. The molecular weight excluding hydrogens is 339 g/mol. The molecule has 0 aliphatic heterocycles. The summed E-state index contributed by atoms with van der Waals surface area (Å²) < 4.78 is 5.00. The molecule has 1 saturated carbocycles. The minimum absolute atomic E-state index is 0.112. The Morgan fingerprint density at radius 2 is 2.09 bits per heavy atom. The van der Waals surface area contributed by atoms with Crippen LogP contribution in [0.2, 0.25) is 10.2 Å². The van der Waals surface area contributed by atoms with E-state index in [1.807, 2.05) is 0 Å². The molecule has 1 N–H and O–H groups in total. The van der Waals surface area contributed by atoms with E-state index in [9.17, 15) is 9.59 Å². The van der Waals surface area contributed by atoms with E-state index in [2.05, 4.69) is 24.1 Å². The average molecular weight is 359 g/mol. The summed E-state index contributed by atoms with van der Waals surface area (Å²) in [5.74, 6) is 0.0511. The summed E-state index contributed by atoms with van der Waals surface area (Å²) in [6.45, 7) is 4.01. The number of ether oxygens (including phenoxy) is 1. The Labute approximate surface area is 145 Å². The van der Waals surface area contributed by atoms with Crippen molar-refractivity contribution in [1.29, 1.82) is 0 Å². The molecule has 23 heavy (non-hydrogen) atoms. The van der Waals surface area contributed by atoms with E-state index in [1.54, 1.807) is 0 Å². The van der Waals surface area contributed by atoms with E-state index in [4.69, 9.17) is 27.9 Å². The zero-order valence-electron chi connectivity index (χ0n) is 13.1. The van der Waals surface area contributed by atoms with E-state index < -0.39 is 5.97 Å². The lowest BCUT2D eigenvalue weighted by Crippen LogP contribution is -2.45. The molecule has 1 amide bonds. The molecule has 1 aromatic rings. The van der Waals surface area contributed by atoms with Gasteiger partial charge in [0.1, 0.15) is 5.15 Å². The number of hydrogen-bond acceptors (Lipinski definition) is 4. The predicted molar refractivity (Wildman–Crippen MR) is 88.6 cm³/mol. The number of esters is 1. The molecule has 1 aliphatic carbocycles. The number of carbonyl (C=O) groups is 2. The third kappa shape index (κ3) is 4.82. The van der Waals surface area contributed by atoms with Crippen LogP contribution in [0, 0.1) is 11.8 Å². The van der Waals surface area contributed by atoms with Gasteiger partial charge in [0.25, 0.3) is 5.91 Å². The first-order valence-electron chi connectivity index (χ1n) is 7.66. The summed E-state index contributed by atoms with van der Waals surface area (Å²) in [7, 11) is 0. The lowest BCUT2D eigenvalue weighted by molar-refractivity contribution is -0.125. The van der Waals surface area contributed by atoms with Gasteiger partial charge in [0.15, 0.2) is 6.61 Å². The standard InChI is InChI=1S/C16H20Cl2N2O3/c1-9-4-3-5-13(10(9)2)20-14(21)8-23-16(22)11-6-12(17)15(18)19-7-11/h6-7,9-10,13H,3-5,8H2,1-2H3,(H,20,21)/t9-,10-,13-/m1/s1. The van der Waals surface area contributed by atoms with Gasteiger partial charge >= 0.3 is 5.97 Å². The van der Waals surface area contributed by atoms with Crippen molar-refractivity contribution in [2.24, 2.45) is 11.8 Å². The maximum Gasteiger partial charge on any atom is 0.340 e. The molecule has 0 saturated heterocycles. The smallest absolute Gasteiger partial charge is 0.340 e. The van der Waals surface area contributed by atoms with Crippen LogP contribution in [0.3, 0.4) is 0 Å². The summed E-state index contributed by atoms with van der Waals surface area (Å²) >= 11 is 11.5. The van der Waals surface area contributed by atoms with E-state index in [1.165, 1.54) is 18.7 Å². The summed E-state index contributed by atoms with van der Waals surface area (Å²) in [5.41, 5.74) is 0.159. The van der Waals surface area contributed by atoms with E-state index in [0.29, 0.717) is 11.8 Å². The number of hydrogen-bond donors (Lipinski definition) is 1. The minimum Gasteiger partial charge on any atom is -0.452 e. The topological polar surface area (TPSA) is 68.3 Å². The van der Waals surface area contributed by atoms with Crippen molar-refractivity contribution in [3.63, 3.8) is 0 Å². The molecule has 3 atom stereocenters. The normalized spacial score (nSPS) is 24.1. The maximum absolute atomic E-state index is 12.0. The van der Waals surface area contributed by atoms with Crippen molar-refractivity contribution in [2.45, 2.75) is 39.2 Å². The number of nitrogens with zero attached hydrogens (tertiary/aromatic N) is 1. The average Bonchev–Trinajstić information content (AvgIpc) is 2.52. The highest BCUT2D eigenvalue weighted by atomic mass is 35.5. The Kier molecular flexibility index (Phi) is 6.25. The predicted octanol–water partition coefficient (Wildman–Crippen LogP) is 3.49. The van der Waals surface area contributed by atoms with Gasteiger partial charge in [-0.25, -0.2) is 9.78 Å². The van der Waals surface area contributed by atoms with Crippen LogP contribution in [0.15, 0.2) is 12.3 Å². The second kappa shape index (κ2) is 7.97. The van der Waals surface area contributed by atoms with Crippen LogP contribution in [0.25, 0.3) is 0 Å². The summed E-state index contributed by atoms with van der Waals surface area (Å²) in [6, 6.07) is 1.50. The molecule has 0 aromatic carbocycles. The molecular formula is C16H20Cl2N2O3. The molecule has 1 heterocycles. The highest BCUT2D eigenvalue weighted by Gasteiger charge is 2.28. The first kappa shape index (κ1) is 18.0. The Morgan fingerprint density at radius 3 is 2.78 bits per heavy atom. The third-order valence-electron chi connectivity index (χ3n) is 4.42. The van der Waals surface area contributed by atoms with Crippen molar-refractivity contribution >= 4 is 35.1 Å². The van der Waals surface area contributed by atoms with Crippen LogP contribution in [-0.4, -0.2) is 29.5 Å². The molecule has 1 aromatic heterocycles. The van der Waals surface area contributed by atoms with Crippen LogP contribution in [0.5, 0.6) is 0 Å². The first-order chi connectivity index (χ1) is 10.9. The van der Waals surface area contributed by atoms with Gasteiger partial charge in [-0.15, -0.1) is 0 Å². The lowest BCUT2D eigenvalue weighted by atomic mass is 9.78. The highest BCUT2D eigenvalue weighted by Crippen LogP contribution is 2.29. The fraction of sp³-hybridized carbons (Fsp3) is 0.562. The second-order valence-corrected chi connectivity index (χ2v) is 6.78. The quantitative estimate of drug-likeness (QED) is 0.660. The Balaban J connectivity index is 1.84. The van der Waals surface area contributed by atoms with Gasteiger partial charge in [-0.1, -0.05) is 49.9 Å². The van der Waals surface area contributed by atoms with Gasteiger partial charge in [-0.2, -0.15) is 0 Å². The Hall–Kier alpha value is -1.33. The molecule has 126 valence electrons. The van der Waals surface area contributed by atoms with Crippen LogP contribution in [-0.2, 0) is 9.53 Å². The monoisotopic (exact) mass is 358 g/mol. The number of pyridine rings is 1. The molecule has 1 fully saturated rings. The van der Waals surface area contributed by atoms with Crippen LogP contribution in [0.1, 0.15) is 43.5 Å². The third-order valence-corrected chi connectivity index (χ3v) is 5.11. The SMILES string of the molecule is C[C@@H]1[C@H](C)CCC[C@H]1NC(=O)COC(=O)c1cnc(Cl)c(Cl)c1. The zero-order valence-corrected chi connectivity index (χ0v) is 14.7. The minimum atomic E-state index is -0.656. The zero-order chi connectivity index (χ0) is 17.0. The van der Waals surface area contributed by atoms with Crippen molar-refractivity contribution in [1.82, 2.24) is 10.3 Å². The summed E-state index contributed by atoms with van der Waals surface area (Å²) in [5, 5.41) is 3.22. The van der Waals surface area contributed by atoms with Crippen LogP contribution >= 0.6 is 23.2 Å². The summed E-state index contributed by atoms with van der Waals surface area (Å²) in [4.78, 5) is 27.6. The van der Waals surface area contributed by atoms with Crippen LogP contribution in [0.4, 0.5) is 0 Å². The van der Waals surface area contributed by atoms with Gasteiger partial charge in [-0.05, 0) is 24.3 Å². The largest absolute Gasteiger partial charge is 0.452 e. The molecule has 0 unspecified atom stereocenters. The molecule has 5 nitrogen and oxygen atoms in total. The fourth-order valence-electron chi connectivity index (χ4n) is 2.78. The van der Waals surface area contributed by atoms with E-state index in [0.717, 1.165) is 12.8 Å². The van der Waals surface area contributed by atoms with Crippen molar-refractivity contribution in [2.75, 3.05) is 6.61 Å². The van der Waals surface area contributed by atoms with E-state index >= 15 is 0 Å². The number of rotatable bonds is 4. The maximum atomic E-state index is 12.0. The Morgan fingerprint density at radius 1 is 1.35 bits per heavy atom. The van der Waals surface area contributed by atoms with Gasteiger partial charge in [0, 0.05) is 12.2 Å².